The molecule has 0 aliphatic rings. The third-order valence-corrected chi connectivity index (χ3v) is 2.03. The minimum Gasteiger partial charge on any atom is -0.504 e. The number of carbonyl (C=O) groups is 1. The van der Waals surface area contributed by atoms with Gasteiger partial charge in [-0.15, -0.1) is 0 Å². The minimum atomic E-state index is -3.91. The predicted octanol–water partition coefficient (Wildman–Crippen LogP) is 1.66. The van der Waals surface area contributed by atoms with Crippen LogP contribution in [-0.2, 0) is 11.2 Å². The minimum absolute atomic E-state index is 0.0266. The SMILES string of the molecule is COc1cccc(CC(F)(F)C(=O)O)c1O. The van der Waals surface area contributed by atoms with Gasteiger partial charge in [-0.2, -0.15) is 8.78 Å². The van der Waals surface area contributed by atoms with Crippen molar-refractivity contribution in [2.75, 3.05) is 7.11 Å². The summed E-state index contributed by atoms with van der Waals surface area (Å²) < 4.78 is 30.5. The molecule has 0 bridgehead atoms. The fraction of sp³-hybridized carbons (Fsp3) is 0.300. The van der Waals surface area contributed by atoms with Crippen LogP contribution >= 0.6 is 0 Å². The number of carboxylic acids is 1. The van der Waals surface area contributed by atoms with E-state index in [4.69, 9.17) is 9.84 Å². The molecule has 0 saturated heterocycles. The van der Waals surface area contributed by atoms with Gasteiger partial charge in [0.25, 0.3) is 0 Å². The Morgan fingerprint density at radius 1 is 1.50 bits per heavy atom. The van der Waals surface area contributed by atoms with E-state index in [-0.39, 0.29) is 11.3 Å². The van der Waals surface area contributed by atoms with E-state index in [1.165, 1.54) is 25.3 Å². The molecule has 1 aromatic rings. The lowest BCUT2D eigenvalue weighted by Gasteiger charge is -2.13. The maximum atomic E-state index is 12.9. The Kier molecular flexibility index (Phi) is 3.31. The summed E-state index contributed by atoms with van der Waals surface area (Å²) in [6, 6.07) is 4.00. The Labute approximate surface area is 90.1 Å². The quantitative estimate of drug-likeness (QED) is 0.828. The second kappa shape index (κ2) is 4.34. The first-order valence-corrected chi connectivity index (χ1v) is 4.34. The third kappa shape index (κ3) is 2.39. The summed E-state index contributed by atoms with van der Waals surface area (Å²) in [4.78, 5) is 10.2. The van der Waals surface area contributed by atoms with Crippen LogP contribution in [0.25, 0.3) is 0 Å². The highest BCUT2D eigenvalue weighted by atomic mass is 19.3. The van der Waals surface area contributed by atoms with Crippen molar-refractivity contribution in [2.45, 2.75) is 12.3 Å². The van der Waals surface area contributed by atoms with Crippen LogP contribution in [0.5, 0.6) is 11.5 Å². The first-order valence-electron chi connectivity index (χ1n) is 4.34. The van der Waals surface area contributed by atoms with Crippen LogP contribution in [-0.4, -0.2) is 29.2 Å². The van der Waals surface area contributed by atoms with Gasteiger partial charge in [-0.25, -0.2) is 4.79 Å². The van der Waals surface area contributed by atoms with Crippen molar-refractivity contribution in [3.05, 3.63) is 23.8 Å². The van der Waals surface area contributed by atoms with Crippen molar-refractivity contribution in [1.29, 1.82) is 0 Å². The number of phenolic OH excluding ortho intramolecular Hbond substituents is 1. The van der Waals surface area contributed by atoms with Crippen LogP contribution in [0.3, 0.4) is 0 Å². The number of para-hydroxylation sites is 1. The second-order valence-corrected chi connectivity index (χ2v) is 3.15. The highest BCUT2D eigenvalue weighted by Crippen LogP contribution is 2.33. The Hall–Kier alpha value is -1.85. The molecule has 1 aromatic carbocycles. The van der Waals surface area contributed by atoms with Gasteiger partial charge in [0.2, 0.25) is 0 Å². The van der Waals surface area contributed by atoms with Crippen molar-refractivity contribution < 1.29 is 28.5 Å². The molecule has 0 saturated carbocycles. The number of aliphatic carboxylic acids is 1. The van der Waals surface area contributed by atoms with E-state index in [0.717, 1.165) is 0 Å². The lowest BCUT2D eigenvalue weighted by molar-refractivity contribution is -0.164. The van der Waals surface area contributed by atoms with E-state index in [1.54, 1.807) is 0 Å². The van der Waals surface area contributed by atoms with Gasteiger partial charge < -0.3 is 14.9 Å². The zero-order chi connectivity index (χ0) is 12.3. The Bertz CT molecular complexity index is 404. The van der Waals surface area contributed by atoms with Gasteiger partial charge in [-0.1, -0.05) is 12.1 Å². The van der Waals surface area contributed by atoms with Crippen molar-refractivity contribution >= 4 is 5.97 Å². The molecular formula is C10H10F2O4. The number of phenols is 1. The lowest BCUT2D eigenvalue weighted by Crippen LogP contribution is -2.30. The van der Waals surface area contributed by atoms with Gasteiger partial charge in [0, 0.05) is 5.56 Å². The van der Waals surface area contributed by atoms with E-state index >= 15 is 0 Å². The second-order valence-electron chi connectivity index (χ2n) is 3.15. The molecule has 16 heavy (non-hydrogen) atoms. The van der Waals surface area contributed by atoms with Crippen LogP contribution in [0.1, 0.15) is 5.56 Å². The monoisotopic (exact) mass is 232 g/mol. The fourth-order valence-corrected chi connectivity index (χ4v) is 1.19. The number of halogens is 2. The number of aromatic hydroxyl groups is 1. The molecule has 88 valence electrons. The third-order valence-electron chi connectivity index (χ3n) is 2.03. The maximum Gasteiger partial charge on any atom is 0.374 e. The number of hydrogen-bond donors (Lipinski definition) is 2. The summed E-state index contributed by atoms with van der Waals surface area (Å²) >= 11 is 0. The standard InChI is InChI=1S/C10H10F2O4/c1-16-7-4-2-3-6(8(7)13)5-10(11,12)9(14)15/h2-4,13H,5H2,1H3,(H,14,15). The zero-order valence-corrected chi connectivity index (χ0v) is 8.41. The number of benzene rings is 1. The molecule has 4 nitrogen and oxygen atoms in total. The topological polar surface area (TPSA) is 66.8 Å². The van der Waals surface area contributed by atoms with Crippen molar-refractivity contribution in [3.63, 3.8) is 0 Å². The van der Waals surface area contributed by atoms with Crippen LogP contribution in [0.2, 0.25) is 0 Å². The summed E-state index contributed by atoms with van der Waals surface area (Å²) in [7, 11) is 1.27. The number of hydrogen-bond acceptors (Lipinski definition) is 3. The number of carboxylic acid groups (broad SMARTS) is 1. The first-order chi connectivity index (χ1) is 7.38. The largest absolute Gasteiger partial charge is 0.504 e. The number of ether oxygens (including phenoxy) is 1. The molecule has 0 aromatic heterocycles. The molecule has 6 heteroatoms. The lowest BCUT2D eigenvalue weighted by atomic mass is 10.1. The zero-order valence-electron chi connectivity index (χ0n) is 8.41. The molecule has 0 fully saturated rings. The predicted molar refractivity (Wildman–Crippen MR) is 50.9 cm³/mol. The van der Waals surface area contributed by atoms with Gasteiger partial charge in [0.15, 0.2) is 11.5 Å². The molecule has 0 aliphatic carbocycles. The highest BCUT2D eigenvalue weighted by Gasteiger charge is 2.39. The van der Waals surface area contributed by atoms with Crippen LogP contribution < -0.4 is 4.74 Å². The van der Waals surface area contributed by atoms with Crippen molar-refractivity contribution in [3.8, 4) is 11.5 Å². The number of alkyl halides is 2. The van der Waals surface area contributed by atoms with Gasteiger partial charge >= 0.3 is 11.9 Å². The van der Waals surface area contributed by atoms with Crippen molar-refractivity contribution in [1.82, 2.24) is 0 Å². The molecule has 1 rings (SSSR count). The molecular weight excluding hydrogens is 222 g/mol. The van der Waals surface area contributed by atoms with E-state index in [0.29, 0.717) is 0 Å². The van der Waals surface area contributed by atoms with Gasteiger partial charge in [-0.05, 0) is 6.07 Å². The van der Waals surface area contributed by atoms with Gasteiger partial charge in [-0.3, -0.25) is 0 Å². The average Bonchev–Trinajstić information content (AvgIpc) is 2.20. The average molecular weight is 232 g/mol. The molecule has 2 N–H and O–H groups in total. The molecule has 0 spiro atoms. The summed E-state index contributed by atoms with van der Waals surface area (Å²) in [6.07, 6.45) is -1.08. The van der Waals surface area contributed by atoms with Crippen molar-refractivity contribution in [2.24, 2.45) is 0 Å². The Morgan fingerprint density at radius 3 is 2.62 bits per heavy atom. The van der Waals surface area contributed by atoms with E-state index in [9.17, 15) is 18.7 Å². The molecule has 0 atom stereocenters. The molecule has 0 heterocycles. The Balaban J connectivity index is 3.02. The molecule has 0 unspecified atom stereocenters. The molecule has 0 aliphatic heterocycles. The van der Waals surface area contributed by atoms with Gasteiger partial charge in [0.1, 0.15) is 0 Å². The van der Waals surface area contributed by atoms with E-state index in [2.05, 4.69) is 0 Å². The fourth-order valence-electron chi connectivity index (χ4n) is 1.19. The summed E-state index contributed by atoms with van der Waals surface area (Å²) in [6.45, 7) is 0. The van der Waals surface area contributed by atoms with Crippen LogP contribution in [0.15, 0.2) is 18.2 Å². The molecule has 0 amide bonds. The number of methoxy groups -OCH3 is 1. The smallest absolute Gasteiger partial charge is 0.374 e. The maximum absolute atomic E-state index is 12.9. The summed E-state index contributed by atoms with van der Waals surface area (Å²) in [5.41, 5.74) is -0.174. The number of rotatable bonds is 4. The summed E-state index contributed by atoms with van der Waals surface area (Å²) in [5, 5.41) is 17.7. The van der Waals surface area contributed by atoms with E-state index in [1.807, 2.05) is 0 Å². The highest BCUT2D eigenvalue weighted by molar-refractivity contribution is 5.76. The van der Waals surface area contributed by atoms with E-state index < -0.39 is 24.1 Å². The van der Waals surface area contributed by atoms with Gasteiger partial charge in [0.05, 0.1) is 13.5 Å². The molecule has 0 radical (unpaired) electrons. The first kappa shape index (κ1) is 12.2. The van der Waals surface area contributed by atoms with Crippen LogP contribution in [0.4, 0.5) is 8.78 Å². The Morgan fingerprint density at radius 2 is 2.12 bits per heavy atom. The normalized spacial score (nSPS) is 11.2. The van der Waals surface area contributed by atoms with Crippen LogP contribution in [0, 0.1) is 0 Å². The summed E-state index contributed by atoms with van der Waals surface area (Å²) in [5.74, 6) is -6.58.